The van der Waals surface area contributed by atoms with Crippen LogP contribution in [0.5, 0.6) is 0 Å². The molecule has 11 rings (SSSR count). The molecule has 1 aliphatic rings. The van der Waals surface area contributed by atoms with Crippen LogP contribution >= 0.6 is 23.2 Å². The van der Waals surface area contributed by atoms with E-state index < -0.39 is 12.8 Å². The summed E-state index contributed by atoms with van der Waals surface area (Å²) in [6, 6.07) is 24.3. The highest BCUT2D eigenvalue weighted by atomic mass is 35.5. The average molecular weight is 955 g/mol. The molecule has 7 aromatic heterocycles. The number of alkyl halides is 2. The lowest BCUT2D eigenvalue weighted by Crippen LogP contribution is -2.32. The highest BCUT2D eigenvalue weighted by molar-refractivity contribution is 6.31. The number of unbranched alkanes of at least 4 members (excludes halogenated alkanes) is 1. The molecule has 1 fully saturated rings. The maximum atomic E-state index is 16.4. The van der Waals surface area contributed by atoms with Gasteiger partial charge in [0.25, 0.3) is 0 Å². The van der Waals surface area contributed by atoms with Crippen molar-refractivity contribution in [2.45, 2.75) is 89.8 Å². The van der Waals surface area contributed by atoms with Gasteiger partial charge in [-0.2, -0.15) is 0 Å². The Hall–Kier alpha value is -6.71. The van der Waals surface area contributed by atoms with Crippen molar-refractivity contribution in [3.8, 4) is 5.69 Å². The van der Waals surface area contributed by atoms with Crippen LogP contribution in [0.2, 0.25) is 10.0 Å². The Labute approximate surface area is 398 Å². The van der Waals surface area contributed by atoms with Crippen LogP contribution in [0.3, 0.4) is 0 Å². The fraction of sp³-hybridized carbons (Fsp3) is 0.314. The Morgan fingerprint density at radius 2 is 1.25 bits per heavy atom. The number of imidazole rings is 4. The van der Waals surface area contributed by atoms with E-state index >= 15 is 4.39 Å². The van der Waals surface area contributed by atoms with Gasteiger partial charge in [-0.05, 0) is 130 Å². The van der Waals surface area contributed by atoms with E-state index in [1.54, 1.807) is 50.8 Å². The van der Waals surface area contributed by atoms with Crippen molar-refractivity contribution in [2.24, 2.45) is 5.92 Å². The Bertz CT molecular complexity index is 3620. The molecule has 0 spiro atoms. The molecule has 68 heavy (non-hydrogen) atoms. The minimum atomic E-state index is -1.03. The van der Waals surface area contributed by atoms with Gasteiger partial charge >= 0.3 is 11.4 Å². The lowest BCUT2D eigenvalue weighted by Gasteiger charge is -2.31. The van der Waals surface area contributed by atoms with Gasteiger partial charge in [0.1, 0.15) is 17.8 Å². The van der Waals surface area contributed by atoms with Crippen molar-refractivity contribution in [1.29, 1.82) is 0 Å². The van der Waals surface area contributed by atoms with Crippen molar-refractivity contribution in [3.63, 3.8) is 0 Å². The molecule has 0 N–H and O–H groups in total. The zero-order valence-electron chi connectivity index (χ0n) is 37.1. The first-order chi connectivity index (χ1) is 33.2. The summed E-state index contributed by atoms with van der Waals surface area (Å²) in [4.78, 5) is 51.9. The summed E-state index contributed by atoms with van der Waals surface area (Å²) >= 11 is 12.8. The van der Waals surface area contributed by atoms with Gasteiger partial charge in [0.15, 0.2) is 0 Å². The molecule has 1 aliphatic carbocycles. The van der Waals surface area contributed by atoms with Gasteiger partial charge in [0, 0.05) is 53.2 Å². The quantitative estimate of drug-likeness (QED) is 0.0936. The number of aromatic nitrogens is 11. The molecule has 0 saturated heterocycles. The number of halogens is 4. The van der Waals surface area contributed by atoms with E-state index in [1.807, 2.05) is 77.4 Å². The van der Waals surface area contributed by atoms with Crippen molar-refractivity contribution in [3.05, 3.63) is 153 Å². The Morgan fingerprint density at radius 3 is 1.93 bits per heavy atom. The van der Waals surface area contributed by atoms with Crippen LogP contribution < -0.4 is 11.4 Å². The first kappa shape index (κ1) is 43.8. The van der Waals surface area contributed by atoms with Crippen molar-refractivity contribution >= 4 is 78.2 Å². The maximum Gasteiger partial charge on any atom is 0.334 e. The summed E-state index contributed by atoms with van der Waals surface area (Å²) in [7, 11) is 0. The van der Waals surface area contributed by atoms with E-state index in [0.29, 0.717) is 114 Å². The topological polar surface area (TPSA) is 128 Å². The summed E-state index contributed by atoms with van der Waals surface area (Å²) in [5.74, 6) is 1.20. The number of hydrogen-bond acceptors (Lipinski definition) is 7. The van der Waals surface area contributed by atoms with E-state index in [9.17, 15) is 14.0 Å². The summed E-state index contributed by atoms with van der Waals surface area (Å²) in [5.41, 5.74) is 7.18. The predicted octanol–water partition coefficient (Wildman–Crippen LogP) is 10.6. The van der Waals surface area contributed by atoms with Gasteiger partial charge in [0.05, 0.1) is 87.5 Å². The molecule has 1 unspecified atom stereocenters. The zero-order valence-corrected chi connectivity index (χ0v) is 38.6. The molecule has 0 radical (unpaired) electrons. The van der Waals surface area contributed by atoms with E-state index in [2.05, 4.69) is 24.1 Å². The monoisotopic (exact) mass is 953 g/mol. The van der Waals surface area contributed by atoms with Gasteiger partial charge in [-0.15, -0.1) is 0 Å². The number of rotatable bonds is 15. The smallest absolute Gasteiger partial charge is 0.326 e. The maximum absolute atomic E-state index is 16.4. The van der Waals surface area contributed by atoms with Gasteiger partial charge < -0.3 is 9.13 Å². The summed E-state index contributed by atoms with van der Waals surface area (Å²) in [5, 5.41) is 2.03. The number of hydrogen-bond donors (Lipinski definition) is 0. The normalized spacial score (nSPS) is 16.0. The minimum Gasteiger partial charge on any atom is -0.326 e. The summed E-state index contributed by atoms with van der Waals surface area (Å²) in [6.45, 7) is 1.02. The summed E-state index contributed by atoms with van der Waals surface area (Å²) in [6.07, 6.45) is 12.1. The second-order valence-electron chi connectivity index (χ2n) is 17.8. The SMILES string of the molecule is O=c1n(Cc2nc3cc(Cl)ccc3n2CCCC(F)C2CCC(n3c(=O)n(Cc4nc5cc(Cl)ccc5n4CCCCF)c4cnccc43)CC2)c2cnccc2n1-c1ccc2ncccc2c1. The number of pyridine rings is 3. The van der Waals surface area contributed by atoms with Crippen molar-refractivity contribution < 1.29 is 8.78 Å². The molecule has 10 aromatic rings. The Balaban J connectivity index is 0.801. The standard InChI is InChI=1S/C51H47Cl2F2N11O2/c52-34-9-15-42-40(26-34)59-48(61(42)23-2-1-19-54)30-63-46-28-56-21-17-44(46)65(50(63)67)36-11-7-32(8-12-36)38(55)6-4-24-62-43-16-10-35(53)27-41(43)60-49(62)31-64-47-29-57-22-18-45(47)66(51(64)68)37-13-14-39-33(25-37)5-3-20-58-39/h3,5,9-10,13-18,20-22,25-29,32,36,38H,1-2,4,6-8,11-12,19,23-24,30-31H2. The van der Waals surface area contributed by atoms with E-state index in [1.165, 1.54) is 0 Å². The second-order valence-corrected chi connectivity index (χ2v) is 18.7. The van der Waals surface area contributed by atoms with Crippen molar-refractivity contribution in [2.75, 3.05) is 6.67 Å². The lowest BCUT2D eigenvalue weighted by atomic mass is 9.82. The number of aryl methyl sites for hydroxylation is 2. The number of fused-ring (bicyclic) bond motifs is 5. The first-order valence-electron chi connectivity index (χ1n) is 23.2. The minimum absolute atomic E-state index is 0.103. The molecule has 0 bridgehead atoms. The Morgan fingerprint density at radius 1 is 0.618 bits per heavy atom. The van der Waals surface area contributed by atoms with Crippen LogP contribution in [0, 0.1) is 5.92 Å². The van der Waals surface area contributed by atoms with Crippen LogP contribution in [0.15, 0.2) is 119 Å². The van der Waals surface area contributed by atoms with Crippen LogP contribution in [-0.4, -0.2) is 65.2 Å². The molecule has 1 atom stereocenters. The zero-order chi connectivity index (χ0) is 46.5. The Kier molecular flexibility index (Phi) is 11.9. The fourth-order valence-electron chi connectivity index (χ4n) is 10.4. The molecular formula is C51H47Cl2F2N11O2. The van der Waals surface area contributed by atoms with Gasteiger partial charge in [-0.25, -0.2) is 23.9 Å². The molecule has 13 nitrogen and oxygen atoms in total. The van der Waals surface area contributed by atoms with Crippen LogP contribution in [0.1, 0.15) is 69.1 Å². The largest absolute Gasteiger partial charge is 0.334 e. The fourth-order valence-corrected chi connectivity index (χ4v) is 10.8. The third-order valence-corrected chi connectivity index (χ3v) is 14.2. The molecule has 0 aliphatic heterocycles. The molecule has 17 heteroatoms. The molecule has 1 saturated carbocycles. The van der Waals surface area contributed by atoms with E-state index in [4.69, 9.17) is 33.2 Å². The van der Waals surface area contributed by atoms with Crippen LogP contribution in [-0.2, 0) is 26.2 Å². The number of benzene rings is 3. The number of nitrogens with zero attached hydrogens (tertiary/aromatic N) is 11. The third-order valence-electron chi connectivity index (χ3n) is 13.8. The molecular weight excluding hydrogens is 908 g/mol. The average Bonchev–Trinajstić information content (AvgIpc) is 4.05. The molecule has 0 amide bonds. The molecule has 346 valence electrons. The lowest BCUT2D eigenvalue weighted by molar-refractivity contribution is 0.146. The molecule has 7 heterocycles. The van der Waals surface area contributed by atoms with Gasteiger partial charge in [0.2, 0.25) is 0 Å². The molecule has 3 aromatic carbocycles. The predicted molar refractivity (Wildman–Crippen MR) is 263 cm³/mol. The third kappa shape index (κ3) is 8.04. The van der Waals surface area contributed by atoms with E-state index in [-0.39, 0.29) is 36.4 Å². The van der Waals surface area contributed by atoms with Gasteiger partial charge in [-0.1, -0.05) is 29.3 Å². The highest BCUT2D eigenvalue weighted by Crippen LogP contribution is 2.37. The van der Waals surface area contributed by atoms with Gasteiger partial charge in [-0.3, -0.25) is 37.6 Å². The van der Waals surface area contributed by atoms with E-state index in [0.717, 1.165) is 33.0 Å². The van der Waals surface area contributed by atoms with Crippen LogP contribution in [0.25, 0.3) is 60.7 Å². The first-order valence-corrected chi connectivity index (χ1v) is 23.9. The second kappa shape index (κ2) is 18.4. The summed E-state index contributed by atoms with van der Waals surface area (Å²) < 4.78 is 40.6. The van der Waals surface area contributed by atoms with Crippen LogP contribution in [0.4, 0.5) is 8.78 Å². The highest BCUT2D eigenvalue weighted by Gasteiger charge is 2.31. The van der Waals surface area contributed by atoms with Crippen molar-refractivity contribution in [1.82, 2.24) is 52.3 Å².